The fourth-order valence-corrected chi connectivity index (χ4v) is 2.00. The summed E-state index contributed by atoms with van der Waals surface area (Å²) in [4.78, 5) is 9.40. The molecule has 0 aliphatic carbocycles. The first-order valence-corrected chi connectivity index (χ1v) is 8.55. The van der Waals surface area contributed by atoms with Crippen LogP contribution in [0.5, 0.6) is 11.5 Å². The van der Waals surface area contributed by atoms with Crippen LogP contribution in [-0.4, -0.2) is 19.5 Å². The fourth-order valence-electron chi connectivity index (χ4n) is 2.00. The van der Waals surface area contributed by atoms with Gasteiger partial charge in [0.25, 0.3) is 0 Å². The van der Waals surface area contributed by atoms with Crippen molar-refractivity contribution in [2.75, 3.05) is 13.2 Å². The Kier molecular flexibility index (Phi) is 10.0. The van der Waals surface area contributed by atoms with E-state index in [4.69, 9.17) is 9.47 Å². The molecule has 3 heteroatoms. The third kappa shape index (κ3) is 7.82. The smallest absolute Gasteiger partial charge is 0.122 e. The molecule has 2 rings (SSSR count). The van der Waals surface area contributed by atoms with Crippen molar-refractivity contribution in [1.29, 1.82) is 0 Å². The molecular formula is C21H28O3. The van der Waals surface area contributed by atoms with Gasteiger partial charge in [0.1, 0.15) is 31.0 Å². The van der Waals surface area contributed by atoms with Crippen molar-refractivity contribution >= 4 is 6.29 Å². The molecule has 0 amide bonds. The second-order valence-electron chi connectivity index (χ2n) is 5.43. The highest BCUT2D eigenvalue weighted by Crippen LogP contribution is 2.18. The Morgan fingerprint density at radius 1 is 0.917 bits per heavy atom. The molecule has 0 radical (unpaired) electrons. The highest BCUT2D eigenvalue weighted by Gasteiger charge is 2.00. The molecule has 0 fully saturated rings. The molecule has 0 bridgehead atoms. The van der Waals surface area contributed by atoms with E-state index in [1.165, 1.54) is 11.1 Å². The van der Waals surface area contributed by atoms with Crippen LogP contribution < -0.4 is 9.47 Å². The van der Waals surface area contributed by atoms with Crippen molar-refractivity contribution in [1.82, 2.24) is 0 Å². The van der Waals surface area contributed by atoms with E-state index in [-0.39, 0.29) is 0 Å². The monoisotopic (exact) mass is 328 g/mol. The Morgan fingerprint density at radius 2 is 1.58 bits per heavy atom. The van der Waals surface area contributed by atoms with Gasteiger partial charge in [-0.1, -0.05) is 49.7 Å². The number of carbonyl (C=O) groups excluding carboxylic acids is 1. The van der Waals surface area contributed by atoms with E-state index < -0.39 is 0 Å². The molecule has 0 spiro atoms. The summed E-state index contributed by atoms with van der Waals surface area (Å²) in [7, 11) is 0. The van der Waals surface area contributed by atoms with Gasteiger partial charge in [-0.2, -0.15) is 0 Å². The number of carbonyl (C=O) groups is 1. The Morgan fingerprint density at radius 3 is 2.17 bits per heavy atom. The molecular weight excluding hydrogens is 300 g/mol. The summed E-state index contributed by atoms with van der Waals surface area (Å²) in [5.74, 6) is 1.84. The van der Waals surface area contributed by atoms with E-state index in [1.54, 1.807) is 0 Å². The minimum absolute atomic E-state index is 0.557. The van der Waals surface area contributed by atoms with Crippen LogP contribution in [-0.2, 0) is 11.2 Å². The second kappa shape index (κ2) is 12.2. The van der Waals surface area contributed by atoms with Gasteiger partial charge in [-0.15, -0.1) is 0 Å². The topological polar surface area (TPSA) is 35.5 Å². The summed E-state index contributed by atoms with van der Waals surface area (Å²) in [5, 5.41) is 0. The van der Waals surface area contributed by atoms with Crippen LogP contribution >= 0.6 is 0 Å². The summed E-state index contributed by atoms with van der Waals surface area (Å²) < 4.78 is 11.4. The van der Waals surface area contributed by atoms with Gasteiger partial charge in [0.05, 0.1) is 0 Å². The largest absolute Gasteiger partial charge is 0.490 e. The maximum Gasteiger partial charge on any atom is 0.122 e. The van der Waals surface area contributed by atoms with Crippen molar-refractivity contribution in [3.8, 4) is 11.5 Å². The van der Waals surface area contributed by atoms with E-state index in [0.717, 1.165) is 30.6 Å². The van der Waals surface area contributed by atoms with E-state index in [0.29, 0.717) is 19.6 Å². The van der Waals surface area contributed by atoms with Crippen LogP contribution in [0.2, 0.25) is 0 Å². The molecule has 24 heavy (non-hydrogen) atoms. The van der Waals surface area contributed by atoms with E-state index in [9.17, 15) is 4.79 Å². The maximum atomic E-state index is 9.40. The number of para-hydroxylation sites is 1. The minimum atomic E-state index is 0.557. The van der Waals surface area contributed by atoms with Crippen molar-refractivity contribution < 1.29 is 14.3 Å². The highest BCUT2D eigenvalue weighted by molar-refractivity contribution is 5.48. The SMILES string of the molecule is CCCC=O.CCc1ccccc1OCCOc1ccc(C)cc1. The zero-order valence-corrected chi connectivity index (χ0v) is 15.0. The molecule has 0 saturated heterocycles. The molecule has 0 aromatic heterocycles. The van der Waals surface area contributed by atoms with Gasteiger partial charge < -0.3 is 14.3 Å². The van der Waals surface area contributed by atoms with Gasteiger partial charge in [-0.05, 0) is 43.5 Å². The molecule has 0 heterocycles. The fraction of sp³-hybridized carbons (Fsp3) is 0.381. The average molecular weight is 328 g/mol. The molecule has 0 atom stereocenters. The van der Waals surface area contributed by atoms with Crippen LogP contribution in [0.3, 0.4) is 0 Å². The lowest BCUT2D eigenvalue weighted by Crippen LogP contribution is -2.09. The third-order valence-corrected chi connectivity index (χ3v) is 3.39. The van der Waals surface area contributed by atoms with Crippen molar-refractivity contribution in [3.63, 3.8) is 0 Å². The van der Waals surface area contributed by atoms with Crippen molar-refractivity contribution in [2.24, 2.45) is 0 Å². The number of hydrogen-bond donors (Lipinski definition) is 0. The number of aryl methyl sites for hydroxylation is 2. The molecule has 0 N–H and O–H groups in total. The minimum Gasteiger partial charge on any atom is -0.490 e. The van der Waals surface area contributed by atoms with Gasteiger partial charge in [-0.25, -0.2) is 0 Å². The standard InChI is InChI=1S/C17H20O2.C4H8O/c1-3-15-6-4-5-7-17(15)19-13-12-18-16-10-8-14(2)9-11-16;1-2-3-4-5/h4-11H,3,12-13H2,1-2H3;4H,2-3H2,1H3. The molecule has 3 nitrogen and oxygen atoms in total. The normalized spacial score (nSPS) is 9.62. The molecule has 2 aromatic rings. The molecule has 0 saturated carbocycles. The summed E-state index contributed by atoms with van der Waals surface area (Å²) in [6.45, 7) is 7.29. The van der Waals surface area contributed by atoms with Gasteiger partial charge in [0.15, 0.2) is 0 Å². The first-order chi connectivity index (χ1) is 11.7. The van der Waals surface area contributed by atoms with E-state index in [1.807, 2.05) is 49.4 Å². The summed E-state index contributed by atoms with van der Waals surface area (Å²) in [5.41, 5.74) is 2.47. The molecule has 0 unspecified atom stereocenters. The van der Waals surface area contributed by atoms with Crippen LogP contribution in [0.4, 0.5) is 0 Å². The van der Waals surface area contributed by atoms with Crippen LogP contribution in [0.25, 0.3) is 0 Å². The Labute approximate surface area is 145 Å². The van der Waals surface area contributed by atoms with Crippen LogP contribution in [0.1, 0.15) is 37.8 Å². The molecule has 2 aromatic carbocycles. The lowest BCUT2D eigenvalue weighted by molar-refractivity contribution is -0.107. The van der Waals surface area contributed by atoms with Crippen molar-refractivity contribution in [3.05, 3.63) is 59.7 Å². The lowest BCUT2D eigenvalue weighted by atomic mass is 10.1. The van der Waals surface area contributed by atoms with Gasteiger partial charge in [0, 0.05) is 6.42 Å². The maximum absolute atomic E-state index is 9.40. The predicted molar refractivity (Wildman–Crippen MR) is 99.0 cm³/mol. The number of hydrogen-bond acceptors (Lipinski definition) is 3. The number of ether oxygens (including phenoxy) is 2. The zero-order chi connectivity index (χ0) is 17.6. The highest BCUT2D eigenvalue weighted by atomic mass is 16.5. The number of aldehydes is 1. The molecule has 0 aliphatic rings. The summed E-state index contributed by atoms with van der Waals surface area (Å²) >= 11 is 0. The van der Waals surface area contributed by atoms with Gasteiger partial charge >= 0.3 is 0 Å². The van der Waals surface area contributed by atoms with Crippen molar-refractivity contribution in [2.45, 2.75) is 40.0 Å². The average Bonchev–Trinajstić information content (AvgIpc) is 2.62. The van der Waals surface area contributed by atoms with Crippen LogP contribution in [0, 0.1) is 6.92 Å². The quantitative estimate of drug-likeness (QED) is 0.505. The lowest BCUT2D eigenvalue weighted by Gasteiger charge is -2.11. The molecule has 0 aliphatic heterocycles. The van der Waals surface area contributed by atoms with E-state index in [2.05, 4.69) is 19.9 Å². The van der Waals surface area contributed by atoms with Gasteiger partial charge in [-0.3, -0.25) is 0 Å². The second-order valence-corrected chi connectivity index (χ2v) is 5.43. The summed E-state index contributed by atoms with van der Waals surface area (Å²) in [6, 6.07) is 16.2. The molecule has 130 valence electrons. The third-order valence-electron chi connectivity index (χ3n) is 3.39. The number of unbranched alkanes of at least 4 members (excludes halogenated alkanes) is 1. The number of benzene rings is 2. The Bertz CT molecular complexity index is 576. The summed E-state index contributed by atoms with van der Waals surface area (Å²) in [6.07, 6.45) is 3.60. The van der Waals surface area contributed by atoms with E-state index >= 15 is 0 Å². The number of rotatable bonds is 8. The Hall–Kier alpha value is -2.29. The predicted octanol–water partition coefficient (Wildman–Crippen LogP) is 5.00. The Balaban J connectivity index is 0.000000505. The first kappa shape index (κ1) is 19.8. The van der Waals surface area contributed by atoms with Crippen LogP contribution in [0.15, 0.2) is 48.5 Å². The first-order valence-electron chi connectivity index (χ1n) is 8.55. The van der Waals surface area contributed by atoms with Gasteiger partial charge in [0.2, 0.25) is 0 Å². The zero-order valence-electron chi connectivity index (χ0n) is 15.0.